The summed E-state index contributed by atoms with van der Waals surface area (Å²) in [5, 5.41) is 2.89. The van der Waals surface area contributed by atoms with Crippen molar-refractivity contribution >= 4 is 11.6 Å². The van der Waals surface area contributed by atoms with Crippen LogP contribution in [0.15, 0.2) is 12.1 Å². The first-order chi connectivity index (χ1) is 6.56. The van der Waals surface area contributed by atoms with Gasteiger partial charge < -0.3 is 5.32 Å². The highest BCUT2D eigenvalue weighted by molar-refractivity contribution is 5.90. The maximum absolute atomic E-state index is 11.0. The zero-order valence-electron chi connectivity index (χ0n) is 9.27. The SMILES string of the molecule is CCc1ccc(C)c(C)c1NC(C)=O. The first-order valence-electron chi connectivity index (χ1n) is 4.93. The molecule has 76 valence electrons. The van der Waals surface area contributed by atoms with Gasteiger partial charge in [-0.25, -0.2) is 0 Å². The van der Waals surface area contributed by atoms with Crippen LogP contribution in [0.25, 0.3) is 0 Å². The van der Waals surface area contributed by atoms with Gasteiger partial charge in [0.1, 0.15) is 0 Å². The highest BCUT2D eigenvalue weighted by Gasteiger charge is 2.07. The van der Waals surface area contributed by atoms with E-state index in [2.05, 4.69) is 31.3 Å². The number of amides is 1. The summed E-state index contributed by atoms with van der Waals surface area (Å²) in [5.41, 5.74) is 4.56. The van der Waals surface area contributed by atoms with E-state index >= 15 is 0 Å². The van der Waals surface area contributed by atoms with Crippen LogP contribution in [0.2, 0.25) is 0 Å². The van der Waals surface area contributed by atoms with Crippen LogP contribution in [0.5, 0.6) is 0 Å². The molecular weight excluding hydrogens is 174 g/mol. The summed E-state index contributed by atoms with van der Waals surface area (Å²) in [7, 11) is 0. The summed E-state index contributed by atoms with van der Waals surface area (Å²) in [4.78, 5) is 11.0. The first kappa shape index (κ1) is 10.8. The van der Waals surface area contributed by atoms with E-state index in [-0.39, 0.29) is 5.91 Å². The molecule has 1 aromatic carbocycles. The number of benzene rings is 1. The number of carbonyl (C=O) groups is 1. The van der Waals surface area contributed by atoms with Crippen molar-refractivity contribution in [3.8, 4) is 0 Å². The Morgan fingerprint density at radius 2 is 2.00 bits per heavy atom. The Morgan fingerprint density at radius 1 is 1.36 bits per heavy atom. The fraction of sp³-hybridized carbons (Fsp3) is 0.417. The van der Waals surface area contributed by atoms with Gasteiger partial charge in [-0.1, -0.05) is 19.1 Å². The maximum Gasteiger partial charge on any atom is 0.221 e. The minimum Gasteiger partial charge on any atom is -0.326 e. The highest BCUT2D eigenvalue weighted by Crippen LogP contribution is 2.24. The summed E-state index contributed by atoms with van der Waals surface area (Å²) in [6, 6.07) is 4.17. The Morgan fingerprint density at radius 3 is 2.50 bits per heavy atom. The molecule has 0 spiro atoms. The van der Waals surface area contributed by atoms with E-state index < -0.39 is 0 Å². The van der Waals surface area contributed by atoms with Gasteiger partial charge >= 0.3 is 0 Å². The summed E-state index contributed by atoms with van der Waals surface area (Å²) < 4.78 is 0. The van der Waals surface area contributed by atoms with Gasteiger partial charge in [-0.15, -0.1) is 0 Å². The van der Waals surface area contributed by atoms with Crippen molar-refractivity contribution < 1.29 is 4.79 Å². The van der Waals surface area contributed by atoms with Crippen LogP contribution >= 0.6 is 0 Å². The summed E-state index contributed by atoms with van der Waals surface area (Å²) in [6.45, 7) is 7.73. The molecular formula is C12H17NO. The number of carbonyl (C=O) groups excluding carboxylic acids is 1. The molecule has 1 N–H and O–H groups in total. The van der Waals surface area contributed by atoms with Crippen LogP contribution in [0.1, 0.15) is 30.5 Å². The Bertz CT molecular complexity index is 356. The third-order valence-electron chi connectivity index (χ3n) is 2.50. The number of rotatable bonds is 2. The molecule has 1 rings (SSSR count). The van der Waals surface area contributed by atoms with Crippen molar-refractivity contribution in [2.24, 2.45) is 0 Å². The molecule has 0 bridgehead atoms. The van der Waals surface area contributed by atoms with Crippen LogP contribution in [-0.4, -0.2) is 5.91 Å². The fourth-order valence-corrected chi connectivity index (χ4v) is 1.52. The van der Waals surface area contributed by atoms with Gasteiger partial charge in [0.05, 0.1) is 0 Å². The van der Waals surface area contributed by atoms with Crippen molar-refractivity contribution in [1.82, 2.24) is 0 Å². The molecule has 14 heavy (non-hydrogen) atoms. The minimum atomic E-state index is -0.00611. The van der Waals surface area contributed by atoms with Crippen LogP contribution in [0.3, 0.4) is 0 Å². The molecule has 0 aliphatic rings. The van der Waals surface area contributed by atoms with Gasteiger partial charge in [0, 0.05) is 12.6 Å². The van der Waals surface area contributed by atoms with Gasteiger partial charge in [0.25, 0.3) is 0 Å². The average molecular weight is 191 g/mol. The Hall–Kier alpha value is -1.31. The zero-order valence-corrected chi connectivity index (χ0v) is 9.27. The predicted octanol–water partition coefficient (Wildman–Crippen LogP) is 2.82. The third-order valence-corrected chi connectivity index (χ3v) is 2.50. The minimum absolute atomic E-state index is 0.00611. The molecule has 0 atom stereocenters. The van der Waals surface area contributed by atoms with Crippen LogP contribution in [0, 0.1) is 13.8 Å². The van der Waals surface area contributed by atoms with Crippen LogP contribution < -0.4 is 5.32 Å². The molecule has 2 nitrogen and oxygen atoms in total. The van der Waals surface area contributed by atoms with E-state index in [0.717, 1.165) is 12.1 Å². The summed E-state index contributed by atoms with van der Waals surface area (Å²) in [6.07, 6.45) is 0.941. The van der Waals surface area contributed by atoms with Crippen LogP contribution in [-0.2, 0) is 11.2 Å². The second kappa shape index (κ2) is 4.27. The quantitative estimate of drug-likeness (QED) is 0.765. The first-order valence-corrected chi connectivity index (χ1v) is 4.93. The fourth-order valence-electron chi connectivity index (χ4n) is 1.52. The maximum atomic E-state index is 11.0. The Labute approximate surface area is 85.3 Å². The van der Waals surface area contributed by atoms with Gasteiger partial charge in [0.2, 0.25) is 5.91 Å². The molecule has 1 aromatic rings. The molecule has 0 aliphatic carbocycles. The molecule has 1 amide bonds. The lowest BCUT2D eigenvalue weighted by atomic mass is 10.0. The summed E-state index contributed by atoms with van der Waals surface area (Å²) in [5.74, 6) is -0.00611. The normalized spacial score (nSPS) is 10.0. The molecule has 0 radical (unpaired) electrons. The standard InChI is InChI=1S/C12H17NO/c1-5-11-7-6-8(2)9(3)12(11)13-10(4)14/h6-7H,5H2,1-4H3,(H,13,14). The summed E-state index contributed by atoms with van der Waals surface area (Å²) >= 11 is 0. The average Bonchev–Trinajstić information content (AvgIpc) is 2.13. The smallest absolute Gasteiger partial charge is 0.221 e. The molecule has 0 aromatic heterocycles. The molecule has 2 heteroatoms. The predicted molar refractivity (Wildman–Crippen MR) is 59.6 cm³/mol. The van der Waals surface area contributed by atoms with Gasteiger partial charge in [-0.3, -0.25) is 4.79 Å². The molecule has 0 aliphatic heterocycles. The van der Waals surface area contributed by atoms with E-state index in [1.807, 2.05) is 6.92 Å². The lowest BCUT2D eigenvalue weighted by Gasteiger charge is -2.13. The second-order valence-corrected chi connectivity index (χ2v) is 3.58. The van der Waals surface area contributed by atoms with Crippen LogP contribution in [0.4, 0.5) is 5.69 Å². The van der Waals surface area contributed by atoms with Crippen molar-refractivity contribution in [2.75, 3.05) is 5.32 Å². The largest absolute Gasteiger partial charge is 0.326 e. The molecule has 0 saturated carbocycles. The van der Waals surface area contributed by atoms with Gasteiger partial charge in [-0.05, 0) is 37.0 Å². The zero-order chi connectivity index (χ0) is 10.7. The Kier molecular flexibility index (Phi) is 3.28. The number of aryl methyl sites for hydroxylation is 2. The molecule has 0 saturated heterocycles. The van der Waals surface area contributed by atoms with E-state index in [1.54, 1.807) is 6.92 Å². The van der Waals surface area contributed by atoms with Crippen molar-refractivity contribution in [1.29, 1.82) is 0 Å². The molecule has 0 unspecified atom stereocenters. The Balaban J connectivity index is 3.20. The lowest BCUT2D eigenvalue weighted by Crippen LogP contribution is -2.10. The second-order valence-electron chi connectivity index (χ2n) is 3.58. The lowest BCUT2D eigenvalue weighted by molar-refractivity contribution is -0.114. The molecule has 0 heterocycles. The van der Waals surface area contributed by atoms with E-state index in [9.17, 15) is 4.79 Å². The van der Waals surface area contributed by atoms with Crippen molar-refractivity contribution in [3.63, 3.8) is 0 Å². The monoisotopic (exact) mass is 191 g/mol. The number of hydrogen-bond donors (Lipinski definition) is 1. The molecule has 0 fully saturated rings. The van der Waals surface area contributed by atoms with E-state index in [4.69, 9.17) is 0 Å². The highest BCUT2D eigenvalue weighted by atomic mass is 16.1. The number of nitrogens with one attached hydrogen (secondary N) is 1. The van der Waals surface area contributed by atoms with Gasteiger partial charge in [-0.2, -0.15) is 0 Å². The number of anilines is 1. The van der Waals surface area contributed by atoms with E-state index in [1.165, 1.54) is 16.7 Å². The number of hydrogen-bond acceptors (Lipinski definition) is 1. The topological polar surface area (TPSA) is 29.1 Å². The van der Waals surface area contributed by atoms with E-state index in [0.29, 0.717) is 0 Å². The third kappa shape index (κ3) is 2.13. The van der Waals surface area contributed by atoms with Crippen molar-refractivity contribution in [2.45, 2.75) is 34.1 Å². The van der Waals surface area contributed by atoms with Crippen molar-refractivity contribution in [3.05, 3.63) is 28.8 Å². The van der Waals surface area contributed by atoms with Gasteiger partial charge in [0.15, 0.2) is 0 Å².